The van der Waals surface area contributed by atoms with E-state index in [1.54, 1.807) is 0 Å². The molecule has 0 radical (unpaired) electrons. The third kappa shape index (κ3) is 3.22. The van der Waals surface area contributed by atoms with Gasteiger partial charge in [-0.25, -0.2) is 4.98 Å². The Labute approximate surface area is 155 Å². The van der Waals surface area contributed by atoms with Gasteiger partial charge in [-0.3, -0.25) is 4.79 Å². The second kappa shape index (κ2) is 7.14. The van der Waals surface area contributed by atoms with E-state index in [-0.39, 0.29) is 17.9 Å². The van der Waals surface area contributed by atoms with Gasteiger partial charge in [-0.1, -0.05) is 18.2 Å². The first kappa shape index (κ1) is 17.1. The minimum absolute atomic E-state index is 0.0742. The number of nitrogens with zero attached hydrogens (tertiary/aromatic N) is 3. The second-order valence-electron chi connectivity index (χ2n) is 7.54. The van der Waals surface area contributed by atoms with Crippen LogP contribution in [0.4, 0.5) is 0 Å². The van der Waals surface area contributed by atoms with Gasteiger partial charge in [0.25, 0.3) is 0 Å². The number of para-hydroxylation sites is 1. The summed E-state index contributed by atoms with van der Waals surface area (Å²) in [5.74, 6) is 2.11. The molecule has 1 atom stereocenters. The first-order valence-corrected chi connectivity index (χ1v) is 9.66. The van der Waals surface area contributed by atoms with E-state index < -0.39 is 0 Å². The summed E-state index contributed by atoms with van der Waals surface area (Å²) in [5.41, 5.74) is 2.36. The van der Waals surface area contributed by atoms with Crippen LogP contribution in [-0.2, 0) is 11.3 Å². The maximum atomic E-state index is 13.0. The molecule has 2 aliphatic heterocycles. The summed E-state index contributed by atoms with van der Waals surface area (Å²) in [4.78, 5) is 19.5. The summed E-state index contributed by atoms with van der Waals surface area (Å²) in [6.07, 6.45) is 7.72. The number of ether oxygens (including phenoxy) is 1. The fourth-order valence-electron chi connectivity index (χ4n) is 4.21. The number of hydrogen-bond acceptors (Lipinski definition) is 3. The number of likely N-dealkylation sites (tertiary alicyclic amines) is 1. The molecule has 138 valence electrons. The summed E-state index contributed by atoms with van der Waals surface area (Å²) in [6.45, 7) is 6.69. The van der Waals surface area contributed by atoms with Crippen LogP contribution in [0.5, 0.6) is 5.75 Å². The Hall–Kier alpha value is -2.30. The van der Waals surface area contributed by atoms with Crippen molar-refractivity contribution in [3.8, 4) is 5.75 Å². The van der Waals surface area contributed by atoms with Gasteiger partial charge in [0.2, 0.25) is 5.91 Å². The zero-order chi connectivity index (χ0) is 18.1. The molecule has 0 saturated carbocycles. The Kier molecular flexibility index (Phi) is 4.70. The molecule has 0 aliphatic carbocycles. The van der Waals surface area contributed by atoms with E-state index in [0.717, 1.165) is 56.9 Å². The highest BCUT2D eigenvalue weighted by Gasteiger charge is 2.33. The van der Waals surface area contributed by atoms with Crippen LogP contribution in [0, 0.1) is 13.8 Å². The molecule has 1 fully saturated rings. The zero-order valence-corrected chi connectivity index (χ0v) is 15.6. The molecular formula is C21H27N3O2. The molecule has 1 aromatic heterocycles. The quantitative estimate of drug-likeness (QED) is 0.849. The van der Waals surface area contributed by atoms with E-state index in [0.29, 0.717) is 0 Å². The van der Waals surface area contributed by atoms with Gasteiger partial charge >= 0.3 is 0 Å². The summed E-state index contributed by atoms with van der Waals surface area (Å²) >= 11 is 0. The Balaban J connectivity index is 1.38. The van der Waals surface area contributed by atoms with Crippen molar-refractivity contribution in [3.05, 3.63) is 47.5 Å². The predicted molar refractivity (Wildman–Crippen MR) is 100 cm³/mol. The molecule has 2 aliphatic rings. The van der Waals surface area contributed by atoms with E-state index >= 15 is 0 Å². The van der Waals surface area contributed by atoms with Crippen LogP contribution < -0.4 is 4.74 Å². The van der Waals surface area contributed by atoms with Crippen LogP contribution in [0.2, 0.25) is 0 Å². The third-order valence-electron chi connectivity index (χ3n) is 5.70. The number of rotatable bonds is 3. The Morgan fingerprint density at radius 1 is 1.12 bits per heavy atom. The summed E-state index contributed by atoms with van der Waals surface area (Å²) in [6, 6.07) is 6.24. The smallest absolute Gasteiger partial charge is 0.233 e. The van der Waals surface area contributed by atoms with Crippen molar-refractivity contribution in [2.45, 2.75) is 58.1 Å². The van der Waals surface area contributed by atoms with Crippen molar-refractivity contribution in [3.63, 3.8) is 0 Å². The van der Waals surface area contributed by atoms with E-state index in [1.807, 2.05) is 17.3 Å². The lowest BCUT2D eigenvalue weighted by molar-refractivity contribution is -0.135. The molecule has 5 heteroatoms. The molecule has 26 heavy (non-hydrogen) atoms. The van der Waals surface area contributed by atoms with Crippen molar-refractivity contribution in [1.82, 2.24) is 14.5 Å². The van der Waals surface area contributed by atoms with Crippen LogP contribution in [0.1, 0.15) is 48.6 Å². The Morgan fingerprint density at radius 3 is 2.58 bits per heavy atom. The predicted octanol–water partition coefficient (Wildman–Crippen LogP) is 3.45. The minimum atomic E-state index is -0.0742. The van der Waals surface area contributed by atoms with Gasteiger partial charge in [0.1, 0.15) is 17.7 Å². The number of aromatic nitrogens is 2. The Morgan fingerprint density at radius 2 is 1.85 bits per heavy atom. The lowest BCUT2D eigenvalue weighted by atomic mass is 9.96. The molecule has 1 amide bonds. The zero-order valence-electron chi connectivity index (χ0n) is 15.6. The lowest BCUT2D eigenvalue weighted by Crippen LogP contribution is -2.44. The number of benzene rings is 1. The molecule has 0 spiro atoms. The standard InChI is InChI=1S/C21H27N3O2/c1-15-5-3-6-16(2)19(15)26-17-8-12-24(13-9-17)21(25)18-7-4-11-23-14-10-22-20(18)23/h3,5-6,10,14,17-18H,4,7-9,11-13H2,1-2H3. The van der Waals surface area contributed by atoms with E-state index in [1.165, 1.54) is 11.1 Å². The SMILES string of the molecule is Cc1cccc(C)c1OC1CCN(C(=O)C2CCCn3ccnc32)CC1. The highest BCUT2D eigenvalue weighted by atomic mass is 16.5. The average Bonchev–Trinajstić information content (AvgIpc) is 3.14. The molecule has 1 unspecified atom stereocenters. The van der Waals surface area contributed by atoms with E-state index in [4.69, 9.17) is 4.74 Å². The van der Waals surface area contributed by atoms with Gasteiger partial charge in [0.15, 0.2) is 0 Å². The molecule has 2 aromatic rings. The lowest BCUT2D eigenvalue weighted by Gasteiger charge is -2.35. The molecular weight excluding hydrogens is 326 g/mol. The van der Waals surface area contributed by atoms with Gasteiger partial charge in [-0.15, -0.1) is 0 Å². The van der Waals surface area contributed by atoms with Crippen molar-refractivity contribution in [2.24, 2.45) is 0 Å². The molecule has 4 rings (SSSR count). The van der Waals surface area contributed by atoms with Gasteiger partial charge < -0.3 is 14.2 Å². The number of fused-ring (bicyclic) bond motifs is 1. The number of carbonyl (C=O) groups is 1. The maximum Gasteiger partial charge on any atom is 0.233 e. The summed E-state index contributed by atoms with van der Waals surface area (Å²) < 4.78 is 8.41. The fourth-order valence-corrected chi connectivity index (χ4v) is 4.21. The molecule has 5 nitrogen and oxygen atoms in total. The monoisotopic (exact) mass is 353 g/mol. The van der Waals surface area contributed by atoms with E-state index in [2.05, 4.69) is 41.6 Å². The number of amides is 1. The summed E-state index contributed by atoms with van der Waals surface area (Å²) in [5, 5.41) is 0. The molecule has 1 aromatic carbocycles. The third-order valence-corrected chi connectivity index (χ3v) is 5.70. The van der Waals surface area contributed by atoms with Crippen LogP contribution >= 0.6 is 0 Å². The van der Waals surface area contributed by atoms with Gasteiger partial charge in [-0.2, -0.15) is 0 Å². The first-order valence-electron chi connectivity index (χ1n) is 9.66. The molecule has 0 N–H and O–H groups in total. The summed E-state index contributed by atoms with van der Waals surface area (Å²) in [7, 11) is 0. The number of aryl methyl sites for hydroxylation is 3. The maximum absolute atomic E-state index is 13.0. The van der Waals surface area contributed by atoms with Crippen molar-refractivity contribution in [1.29, 1.82) is 0 Å². The van der Waals surface area contributed by atoms with Crippen LogP contribution in [0.3, 0.4) is 0 Å². The highest BCUT2D eigenvalue weighted by molar-refractivity contribution is 5.83. The topological polar surface area (TPSA) is 47.4 Å². The minimum Gasteiger partial charge on any atom is -0.490 e. The number of carbonyl (C=O) groups excluding carboxylic acids is 1. The van der Waals surface area contributed by atoms with Crippen LogP contribution in [0.15, 0.2) is 30.6 Å². The average molecular weight is 353 g/mol. The number of imidazole rings is 1. The molecule has 3 heterocycles. The van der Waals surface area contributed by atoms with Crippen LogP contribution in [-0.4, -0.2) is 39.6 Å². The van der Waals surface area contributed by atoms with E-state index in [9.17, 15) is 4.79 Å². The largest absolute Gasteiger partial charge is 0.490 e. The number of hydrogen-bond donors (Lipinski definition) is 0. The molecule has 0 bridgehead atoms. The highest BCUT2D eigenvalue weighted by Crippen LogP contribution is 2.30. The second-order valence-corrected chi connectivity index (χ2v) is 7.54. The fraction of sp³-hybridized carbons (Fsp3) is 0.524. The van der Waals surface area contributed by atoms with Gasteiger partial charge in [-0.05, 0) is 37.8 Å². The first-order chi connectivity index (χ1) is 12.6. The normalized spacial score (nSPS) is 20.7. The van der Waals surface area contributed by atoms with Crippen molar-refractivity contribution < 1.29 is 9.53 Å². The van der Waals surface area contributed by atoms with Crippen molar-refractivity contribution >= 4 is 5.91 Å². The Bertz CT molecular complexity index is 770. The van der Waals surface area contributed by atoms with Crippen LogP contribution in [0.25, 0.3) is 0 Å². The van der Waals surface area contributed by atoms with Gasteiger partial charge in [0, 0.05) is 44.9 Å². The molecule has 1 saturated heterocycles. The van der Waals surface area contributed by atoms with Gasteiger partial charge in [0.05, 0.1) is 5.92 Å². The number of piperidine rings is 1. The van der Waals surface area contributed by atoms with Crippen molar-refractivity contribution in [2.75, 3.05) is 13.1 Å².